The number of carbonyl (C=O) groups is 2. The van der Waals surface area contributed by atoms with E-state index in [2.05, 4.69) is 32.1 Å². The van der Waals surface area contributed by atoms with Crippen molar-refractivity contribution in [3.05, 3.63) is 63.6 Å². The van der Waals surface area contributed by atoms with Crippen LogP contribution in [0, 0.1) is 6.92 Å². The molecule has 2 aromatic carbocycles. The number of halogens is 1. The molecule has 2 rings (SSSR count). The zero-order valence-corrected chi connectivity index (χ0v) is 17.4. The van der Waals surface area contributed by atoms with Crippen molar-refractivity contribution in [2.45, 2.75) is 20.3 Å². The van der Waals surface area contributed by atoms with E-state index < -0.39 is 5.91 Å². The summed E-state index contributed by atoms with van der Waals surface area (Å²) in [5, 5.41) is 2.50. The maximum Gasteiger partial charge on any atom is 0.269 e. The molecule has 2 aromatic rings. The Labute approximate surface area is 171 Å². The maximum atomic E-state index is 12.5. The van der Waals surface area contributed by atoms with Gasteiger partial charge < -0.3 is 4.74 Å². The van der Waals surface area contributed by atoms with Crippen molar-refractivity contribution >= 4 is 45.1 Å². The van der Waals surface area contributed by atoms with E-state index in [9.17, 15) is 9.59 Å². The molecule has 8 heteroatoms. The molecule has 0 fully saturated rings. The Morgan fingerprint density at radius 2 is 1.81 bits per heavy atom. The Bertz CT molecular complexity index is 858. The van der Waals surface area contributed by atoms with Gasteiger partial charge in [-0.2, -0.15) is 0 Å². The second kappa shape index (κ2) is 10.0. The Hall–Kier alpha value is -2.45. The minimum absolute atomic E-state index is 0.0247. The number of ether oxygens (including phenoxy) is 1. The second-order valence-corrected chi connectivity index (χ2v) is 6.99. The van der Waals surface area contributed by atoms with Gasteiger partial charge in [0.2, 0.25) is 0 Å². The lowest BCUT2D eigenvalue weighted by molar-refractivity contribution is 0.0933. The fraction of sp³-hybridized carbons (Fsp3) is 0.211. The third-order valence-electron chi connectivity index (χ3n) is 3.55. The summed E-state index contributed by atoms with van der Waals surface area (Å²) < 4.78 is 6.34. The number of rotatable bonds is 5. The third kappa shape index (κ3) is 6.04. The zero-order chi connectivity index (χ0) is 19.8. The molecule has 0 bridgehead atoms. The van der Waals surface area contributed by atoms with Crippen molar-refractivity contribution in [1.29, 1.82) is 0 Å². The lowest BCUT2D eigenvalue weighted by Crippen LogP contribution is -2.48. The Balaban J connectivity index is 1.98. The van der Waals surface area contributed by atoms with Gasteiger partial charge in [0.25, 0.3) is 11.8 Å². The molecule has 0 aromatic heterocycles. The molecular formula is C19H20BrN3O3S. The smallest absolute Gasteiger partial charge is 0.269 e. The monoisotopic (exact) mass is 449 g/mol. The summed E-state index contributed by atoms with van der Waals surface area (Å²) in [6.07, 6.45) is 0.821. The van der Waals surface area contributed by atoms with Crippen LogP contribution in [-0.2, 0) is 0 Å². The van der Waals surface area contributed by atoms with Crippen LogP contribution in [0.1, 0.15) is 39.6 Å². The van der Waals surface area contributed by atoms with Gasteiger partial charge in [-0.25, -0.2) is 0 Å². The number of carbonyl (C=O) groups excluding carboxylic acids is 2. The van der Waals surface area contributed by atoms with E-state index in [4.69, 9.17) is 17.0 Å². The Morgan fingerprint density at radius 1 is 1.07 bits per heavy atom. The molecule has 6 nitrogen and oxygen atoms in total. The SMILES string of the molecule is CCCOc1ccc(Br)cc1C(=O)NC(=S)NNC(=O)c1ccccc1C. The quantitative estimate of drug-likeness (QED) is 0.480. The van der Waals surface area contributed by atoms with Crippen LogP contribution in [0.15, 0.2) is 46.9 Å². The topological polar surface area (TPSA) is 79.5 Å². The average Bonchev–Trinajstić information content (AvgIpc) is 2.65. The van der Waals surface area contributed by atoms with E-state index in [0.29, 0.717) is 23.5 Å². The van der Waals surface area contributed by atoms with E-state index in [1.165, 1.54) is 0 Å². The van der Waals surface area contributed by atoms with Crippen LogP contribution in [0.4, 0.5) is 0 Å². The van der Waals surface area contributed by atoms with Gasteiger partial charge in [-0.15, -0.1) is 0 Å². The van der Waals surface area contributed by atoms with Gasteiger partial charge >= 0.3 is 0 Å². The highest BCUT2D eigenvalue weighted by atomic mass is 79.9. The van der Waals surface area contributed by atoms with Gasteiger partial charge in [-0.3, -0.25) is 25.8 Å². The largest absolute Gasteiger partial charge is 0.493 e. The fourth-order valence-corrected chi connectivity index (χ4v) is 2.73. The Kier molecular flexibility index (Phi) is 7.75. The molecule has 0 aliphatic rings. The summed E-state index contributed by atoms with van der Waals surface area (Å²) in [6.45, 7) is 4.31. The summed E-state index contributed by atoms with van der Waals surface area (Å²) in [7, 11) is 0. The van der Waals surface area contributed by atoms with Crippen molar-refractivity contribution in [2.24, 2.45) is 0 Å². The van der Waals surface area contributed by atoms with Crippen LogP contribution in [0.3, 0.4) is 0 Å². The first-order valence-corrected chi connectivity index (χ1v) is 9.52. The molecule has 27 heavy (non-hydrogen) atoms. The normalized spacial score (nSPS) is 10.0. The lowest BCUT2D eigenvalue weighted by atomic mass is 10.1. The molecule has 0 aliphatic carbocycles. The maximum absolute atomic E-state index is 12.5. The fourth-order valence-electron chi connectivity index (χ4n) is 2.23. The predicted molar refractivity (Wildman–Crippen MR) is 112 cm³/mol. The van der Waals surface area contributed by atoms with E-state index in [-0.39, 0.29) is 11.0 Å². The standard InChI is InChI=1S/C19H20BrN3O3S/c1-3-10-26-16-9-8-13(20)11-15(16)17(24)21-19(27)23-22-18(25)14-7-5-4-6-12(14)2/h4-9,11H,3,10H2,1-2H3,(H,22,25)(H2,21,23,24,27). The number of thiocarbonyl (C=S) groups is 1. The van der Waals surface area contributed by atoms with Crippen LogP contribution in [-0.4, -0.2) is 23.5 Å². The first kappa shape index (κ1) is 20.9. The van der Waals surface area contributed by atoms with Gasteiger partial charge in [0.1, 0.15) is 5.75 Å². The molecular weight excluding hydrogens is 430 g/mol. The first-order valence-electron chi connectivity index (χ1n) is 8.32. The van der Waals surface area contributed by atoms with Crippen LogP contribution in [0.2, 0.25) is 0 Å². The van der Waals surface area contributed by atoms with E-state index in [1.807, 2.05) is 26.0 Å². The lowest BCUT2D eigenvalue weighted by Gasteiger charge is -2.14. The second-order valence-electron chi connectivity index (χ2n) is 5.67. The van der Waals surface area contributed by atoms with Crippen molar-refractivity contribution < 1.29 is 14.3 Å². The van der Waals surface area contributed by atoms with Crippen LogP contribution >= 0.6 is 28.1 Å². The number of hydrazine groups is 1. The molecule has 0 spiro atoms. The molecule has 0 aliphatic heterocycles. The number of aryl methyl sites for hydroxylation is 1. The highest BCUT2D eigenvalue weighted by Crippen LogP contribution is 2.23. The van der Waals surface area contributed by atoms with Crippen molar-refractivity contribution in [1.82, 2.24) is 16.2 Å². The summed E-state index contributed by atoms with van der Waals surface area (Å²) in [6, 6.07) is 12.3. The molecule has 2 amide bonds. The molecule has 0 unspecified atom stereocenters. The molecule has 142 valence electrons. The van der Waals surface area contributed by atoms with Crippen LogP contribution < -0.4 is 20.9 Å². The molecule has 3 N–H and O–H groups in total. The molecule has 0 saturated heterocycles. The summed E-state index contributed by atoms with van der Waals surface area (Å²) in [4.78, 5) is 24.7. The highest BCUT2D eigenvalue weighted by molar-refractivity contribution is 9.10. The number of hydrogen-bond donors (Lipinski definition) is 3. The van der Waals surface area contributed by atoms with Crippen molar-refractivity contribution in [2.75, 3.05) is 6.61 Å². The van der Waals surface area contributed by atoms with Gasteiger partial charge in [-0.05, 0) is 55.4 Å². The number of benzene rings is 2. The number of nitrogens with one attached hydrogen (secondary N) is 3. The summed E-state index contributed by atoms with van der Waals surface area (Å²) in [5.74, 6) is -0.325. The minimum atomic E-state index is -0.440. The van der Waals surface area contributed by atoms with E-state index in [0.717, 1.165) is 16.5 Å². The van der Waals surface area contributed by atoms with Gasteiger partial charge in [0.15, 0.2) is 5.11 Å². The van der Waals surface area contributed by atoms with Gasteiger partial charge in [-0.1, -0.05) is 41.1 Å². The molecule has 0 atom stereocenters. The highest BCUT2D eigenvalue weighted by Gasteiger charge is 2.15. The van der Waals surface area contributed by atoms with Crippen LogP contribution in [0.25, 0.3) is 0 Å². The summed E-state index contributed by atoms with van der Waals surface area (Å²) >= 11 is 8.43. The number of hydrogen-bond acceptors (Lipinski definition) is 4. The average molecular weight is 450 g/mol. The van der Waals surface area contributed by atoms with Crippen LogP contribution in [0.5, 0.6) is 5.75 Å². The predicted octanol–water partition coefficient (Wildman–Crippen LogP) is 3.50. The molecule has 0 heterocycles. The first-order chi connectivity index (χ1) is 12.9. The van der Waals surface area contributed by atoms with E-state index >= 15 is 0 Å². The minimum Gasteiger partial charge on any atom is -0.493 e. The third-order valence-corrected chi connectivity index (χ3v) is 4.25. The van der Waals surface area contributed by atoms with Crippen molar-refractivity contribution in [3.8, 4) is 5.75 Å². The van der Waals surface area contributed by atoms with Gasteiger partial charge in [0, 0.05) is 10.0 Å². The number of amides is 2. The van der Waals surface area contributed by atoms with Gasteiger partial charge in [0.05, 0.1) is 12.2 Å². The van der Waals surface area contributed by atoms with Crippen molar-refractivity contribution in [3.63, 3.8) is 0 Å². The molecule has 0 radical (unpaired) electrons. The molecule has 0 saturated carbocycles. The summed E-state index contributed by atoms with van der Waals surface area (Å²) in [5.41, 5.74) is 6.69. The van der Waals surface area contributed by atoms with E-state index in [1.54, 1.807) is 30.3 Å². The Morgan fingerprint density at radius 3 is 2.52 bits per heavy atom. The zero-order valence-electron chi connectivity index (χ0n) is 15.0.